The molecule has 0 aromatic heterocycles. The summed E-state index contributed by atoms with van der Waals surface area (Å²) in [5, 5.41) is 9.00. The van der Waals surface area contributed by atoms with E-state index in [0.29, 0.717) is 25.4 Å². The Kier molecular flexibility index (Phi) is 3.78. The fourth-order valence-corrected chi connectivity index (χ4v) is 2.49. The van der Waals surface area contributed by atoms with Gasteiger partial charge in [-0.3, -0.25) is 4.90 Å². The maximum Gasteiger partial charge on any atom is 0.334 e. The van der Waals surface area contributed by atoms with Gasteiger partial charge in [-0.1, -0.05) is 0 Å². The summed E-state index contributed by atoms with van der Waals surface area (Å²) in [5.74, 6) is -0.874. The molecule has 1 N–H and O–H groups in total. The van der Waals surface area contributed by atoms with Crippen LogP contribution in [0, 0.1) is 0 Å². The Morgan fingerprint density at radius 2 is 2.12 bits per heavy atom. The van der Waals surface area contributed by atoms with E-state index in [-0.39, 0.29) is 0 Å². The molecule has 3 atom stereocenters. The van der Waals surface area contributed by atoms with E-state index in [1.54, 1.807) is 0 Å². The maximum atomic E-state index is 11.0. The van der Waals surface area contributed by atoms with Gasteiger partial charge in [0.1, 0.15) is 0 Å². The molecule has 2 fully saturated rings. The molecule has 2 rings (SSSR count). The zero-order valence-electron chi connectivity index (χ0n) is 9.59. The topological polar surface area (TPSA) is 59.0 Å². The largest absolute Gasteiger partial charge is 0.479 e. The van der Waals surface area contributed by atoms with Crippen molar-refractivity contribution in [3.05, 3.63) is 0 Å². The smallest absolute Gasteiger partial charge is 0.334 e. The van der Waals surface area contributed by atoms with E-state index in [1.807, 2.05) is 6.92 Å². The van der Waals surface area contributed by atoms with Crippen LogP contribution < -0.4 is 0 Å². The molecular weight excluding hydrogens is 210 g/mol. The molecule has 0 aliphatic carbocycles. The van der Waals surface area contributed by atoms with Crippen molar-refractivity contribution in [3.63, 3.8) is 0 Å². The lowest BCUT2D eigenvalue weighted by Crippen LogP contribution is -2.47. The minimum Gasteiger partial charge on any atom is -0.479 e. The fraction of sp³-hybridized carbons (Fsp3) is 0.909. The van der Waals surface area contributed by atoms with Gasteiger partial charge in [0.05, 0.1) is 12.2 Å². The lowest BCUT2D eigenvalue weighted by molar-refractivity contribution is -0.153. The molecule has 16 heavy (non-hydrogen) atoms. The third-order valence-corrected chi connectivity index (χ3v) is 3.19. The zero-order valence-corrected chi connectivity index (χ0v) is 9.59. The number of nitrogens with zero attached hydrogens (tertiary/aromatic N) is 1. The number of hydrogen-bond donors (Lipinski definition) is 1. The van der Waals surface area contributed by atoms with E-state index in [1.165, 1.54) is 0 Å². The molecule has 2 aliphatic heterocycles. The van der Waals surface area contributed by atoms with Crippen LogP contribution in [0.1, 0.15) is 19.8 Å². The number of carboxylic acid groups (broad SMARTS) is 1. The summed E-state index contributed by atoms with van der Waals surface area (Å²) in [7, 11) is 0. The molecule has 92 valence electrons. The van der Waals surface area contributed by atoms with Gasteiger partial charge in [-0.25, -0.2) is 4.79 Å². The average Bonchev–Trinajstić information content (AvgIpc) is 2.57. The van der Waals surface area contributed by atoms with E-state index in [4.69, 9.17) is 14.6 Å². The van der Waals surface area contributed by atoms with Crippen molar-refractivity contribution in [1.29, 1.82) is 0 Å². The molecule has 2 saturated heterocycles. The highest BCUT2D eigenvalue weighted by molar-refractivity contribution is 5.72. The van der Waals surface area contributed by atoms with Crippen molar-refractivity contribution >= 4 is 5.97 Å². The van der Waals surface area contributed by atoms with Gasteiger partial charge in [0.2, 0.25) is 0 Å². The van der Waals surface area contributed by atoms with Gasteiger partial charge in [-0.05, 0) is 19.8 Å². The van der Waals surface area contributed by atoms with Crippen LogP contribution in [0.15, 0.2) is 0 Å². The van der Waals surface area contributed by atoms with Gasteiger partial charge in [0.15, 0.2) is 6.10 Å². The summed E-state index contributed by atoms with van der Waals surface area (Å²) in [6.45, 7) is 4.41. The van der Waals surface area contributed by atoms with Crippen LogP contribution in [0.2, 0.25) is 0 Å². The lowest BCUT2D eigenvalue weighted by Gasteiger charge is -2.33. The summed E-state index contributed by atoms with van der Waals surface area (Å²) in [6, 6.07) is 0. The Morgan fingerprint density at radius 3 is 2.62 bits per heavy atom. The number of hydrogen-bond acceptors (Lipinski definition) is 4. The predicted molar refractivity (Wildman–Crippen MR) is 57.4 cm³/mol. The van der Waals surface area contributed by atoms with Crippen molar-refractivity contribution in [3.8, 4) is 0 Å². The molecule has 2 bridgehead atoms. The lowest BCUT2D eigenvalue weighted by atomic mass is 10.2. The molecule has 0 aromatic rings. The van der Waals surface area contributed by atoms with Crippen LogP contribution >= 0.6 is 0 Å². The molecular formula is C11H19NO4. The SMILES string of the molecule is CCOC(CN1CC2CCC(C1)O2)C(=O)O. The summed E-state index contributed by atoms with van der Waals surface area (Å²) in [6.07, 6.45) is 2.10. The highest BCUT2D eigenvalue weighted by Gasteiger charge is 2.35. The molecule has 3 unspecified atom stereocenters. The van der Waals surface area contributed by atoms with Crippen molar-refractivity contribution in [2.45, 2.75) is 38.1 Å². The van der Waals surface area contributed by atoms with Gasteiger partial charge < -0.3 is 14.6 Å². The molecule has 5 heteroatoms. The van der Waals surface area contributed by atoms with Crippen molar-refractivity contribution < 1.29 is 19.4 Å². The number of likely N-dealkylation sites (tertiary alicyclic amines) is 1. The van der Waals surface area contributed by atoms with Crippen molar-refractivity contribution in [2.75, 3.05) is 26.2 Å². The summed E-state index contributed by atoms with van der Waals surface area (Å²) < 4.78 is 10.9. The Balaban J connectivity index is 1.85. The standard InChI is InChI=1S/C11H19NO4/c1-2-15-10(11(13)14)7-12-5-8-3-4-9(6-12)16-8/h8-10H,2-7H2,1H3,(H,13,14). The monoisotopic (exact) mass is 229 g/mol. The Labute approximate surface area is 95.3 Å². The van der Waals surface area contributed by atoms with E-state index in [9.17, 15) is 4.79 Å². The van der Waals surface area contributed by atoms with Gasteiger partial charge >= 0.3 is 5.97 Å². The van der Waals surface area contributed by atoms with E-state index in [0.717, 1.165) is 25.9 Å². The highest BCUT2D eigenvalue weighted by Crippen LogP contribution is 2.26. The first-order valence-corrected chi connectivity index (χ1v) is 5.91. The van der Waals surface area contributed by atoms with Gasteiger partial charge in [0, 0.05) is 26.2 Å². The van der Waals surface area contributed by atoms with Crippen molar-refractivity contribution in [2.24, 2.45) is 0 Å². The van der Waals surface area contributed by atoms with Crippen LogP contribution in [0.3, 0.4) is 0 Å². The average molecular weight is 229 g/mol. The first-order chi connectivity index (χ1) is 7.69. The number of rotatable bonds is 5. The Hall–Kier alpha value is -0.650. The van der Waals surface area contributed by atoms with E-state index < -0.39 is 12.1 Å². The Morgan fingerprint density at radius 1 is 1.50 bits per heavy atom. The Bertz CT molecular complexity index is 246. The minimum absolute atomic E-state index is 0.301. The second-order valence-electron chi connectivity index (χ2n) is 4.46. The van der Waals surface area contributed by atoms with Crippen LogP contribution in [0.25, 0.3) is 0 Å². The van der Waals surface area contributed by atoms with Gasteiger partial charge in [-0.2, -0.15) is 0 Å². The van der Waals surface area contributed by atoms with Gasteiger partial charge in [-0.15, -0.1) is 0 Å². The number of ether oxygens (including phenoxy) is 2. The molecule has 0 radical (unpaired) electrons. The maximum absolute atomic E-state index is 11.0. The summed E-state index contributed by atoms with van der Waals surface area (Å²) in [5.41, 5.74) is 0. The normalized spacial score (nSPS) is 31.6. The highest BCUT2D eigenvalue weighted by atomic mass is 16.5. The second-order valence-corrected chi connectivity index (χ2v) is 4.46. The number of aliphatic carboxylic acids is 1. The minimum atomic E-state index is -0.874. The first kappa shape index (κ1) is 11.8. The summed E-state index contributed by atoms with van der Waals surface area (Å²) in [4.78, 5) is 13.1. The number of fused-ring (bicyclic) bond motifs is 2. The predicted octanol–water partition coefficient (Wildman–Crippen LogP) is 0.339. The molecule has 0 spiro atoms. The van der Waals surface area contributed by atoms with Gasteiger partial charge in [0.25, 0.3) is 0 Å². The van der Waals surface area contributed by atoms with E-state index >= 15 is 0 Å². The molecule has 5 nitrogen and oxygen atoms in total. The molecule has 2 heterocycles. The third-order valence-electron chi connectivity index (χ3n) is 3.19. The van der Waals surface area contributed by atoms with Crippen LogP contribution in [0.5, 0.6) is 0 Å². The molecule has 0 aromatic carbocycles. The quantitative estimate of drug-likeness (QED) is 0.736. The van der Waals surface area contributed by atoms with Crippen LogP contribution in [-0.4, -0.2) is 60.5 Å². The van der Waals surface area contributed by atoms with E-state index in [2.05, 4.69) is 4.90 Å². The first-order valence-electron chi connectivity index (χ1n) is 5.91. The zero-order chi connectivity index (χ0) is 11.5. The van der Waals surface area contributed by atoms with Crippen LogP contribution in [0.4, 0.5) is 0 Å². The second kappa shape index (κ2) is 5.12. The molecule has 2 aliphatic rings. The third kappa shape index (κ3) is 2.72. The molecule has 0 saturated carbocycles. The van der Waals surface area contributed by atoms with Crippen molar-refractivity contribution in [1.82, 2.24) is 4.90 Å². The number of morpholine rings is 1. The van der Waals surface area contributed by atoms with Crippen LogP contribution in [-0.2, 0) is 14.3 Å². The summed E-state index contributed by atoms with van der Waals surface area (Å²) >= 11 is 0. The molecule has 0 amide bonds. The number of carboxylic acids is 1. The fourth-order valence-electron chi connectivity index (χ4n) is 2.49. The number of carbonyl (C=O) groups is 1.